The van der Waals surface area contributed by atoms with Crippen molar-refractivity contribution in [2.75, 3.05) is 18.9 Å². The van der Waals surface area contributed by atoms with E-state index < -0.39 is 5.60 Å². The van der Waals surface area contributed by atoms with E-state index >= 15 is 0 Å². The molecule has 1 aliphatic rings. The molecule has 1 saturated heterocycles. The van der Waals surface area contributed by atoms with E-state index in [2.05, 4.69) is 19.9 Å². The van der Waals surface area contributed by atoms with Gasteiger partial charge in [-0.25, -0.2) is 0 Å². The summed E-state index contributed by atoms with van der Waals surface area (Å²) in [5.74, 6) is 0.825. The van der Waals surface area contributed by atoms with Crippen LogP contribution in [0.1, 0.15) is 36.6 Å². The van der Waals surface area contributed by atoms with Crippen molar-refractivity contribution in [3.05, 3.63) is 53.3 Å². The molecule has 0 atom stereocenters. The van der Waals surface area contributed by atoms with E-state index in [0.717, 1.165) is 36.4 Å². The van der Waals surface area contributed by atoms with E-state index in [1.807, 2.05) is 30.5 Å². The highest BCUT2D eigenvalue weighted by Crippen LogP contribution is 2.38. The number of hydrogen-bond acceptors (Lipinski definition) is 4. The zero-order valence-electron chi connectivity index (χ0n) is 13.8. The van der Waals surface area contributed by atoms with Crippen molar-refractivity contribution in [2.45, 2.75) is 38.7 Å². The van der Waals surface area contributed by atoms with E-state index in [-0.39, 0.29) is 0 Å². The van der Waals surface area contributed by atoms with Crippen LogP contribution in [-0.2, 0) is 16.8 Å². The first-order chi connectivity index (χ1) is 11.1. The number of anilines is 1. The summed E-state index contributed by atoms with van der Waals surface area (Å²) in [6, 6.07) is 9.79. The summed E-state index contributed by atoms with van der Waals surface area (Å²) in [6.45, 7) is 5.62. The van der Waals surface area contributed by atoms with Crippen molar-refractivity contribution in [2.24, 2.45) is 0 Å². The zero-order chi connectivity index (χ0) is 16.3. The van der Waals surface area contributed by atoms with Crippen LogP contribution in [0.5, 0.6) is 5.75 Å². The third-order valence-electron chi connectivity index (χ3n) is 4.41. The van der Waals surface area contributed by atoms with E-state index in [9.17, 15) is 0 Å². The van der Waals surface area contributed by atoms with E-state index in [4.69, 9.17) is 20.2 Å². The molecule has 4 heteroatoms. The molecule has 23 heavy (non-hydrogen) atoms. The maximum Gasteiger partial charge on any atom is 0.155 e. The smallest absolute Gasteiger partial charge is 0.155 e. The third kappa shape index (κ3) is 3.32. The Hall–Kier alpha value is -2.07. The van der Waals surface area contributed by atoms with Gasteiger partial charge in [0.05, 0.1) is 18.9 Å². The molecule has 0 spiro atoms. The van der Waals surface area contributed by atoms with Crippen molar-refractivity contribution in [3.63, 3.8) is 0 Å². The quantitative estimate of drug-likeness (QED) is 0.876. The average molecular weight is 312 g/mol. The Bertz CT molecular complexity index is 662. The number of aryl methyl sites for hydroxylation is 2. The lowest BCUT2D eigenvalue weighted by Gasteiger charge is -2.38. The molecule has 0 aliphatic carbocycles. The van der Waals surface area contributed by atoms with Gasteiger partial charge in [0.15, 0.2) is 5.60 Å². The summed E-state index contributed by atoms with van der Waals surface area (Å²) >= 11 is 0. The van der Waals surface area contributed by atoms with Gasteiger partial charge in [0.2, 0.25) is 0 Å². The fourth-order valence-electron chi connectivity index (χ4n) is 3.16. The Kier molecular flexibility index (Phi) is 4.53. The molecule has 0 unspecified atom stereocenters. The average Bonchev–Trinajstić information content (AvgIpc) is 2.57. The van der Waals surface area contributed by atoms with Gasteiger partial charge >= 0.3 is 0 Å². The van der Waals surface area contributed by atoms with Crippen molar-refractivity contribution in [1.29, 1.82) is 0 Å². The highest BCUT2D eigenvalue weighted by atomic mass is 16.5. The molecular formula is C19H24N2O2. The summed E-state index contributed by atoms with van der Waals surface area (Å²) in [5.41, 5.74) is 9.57. The molecule has 1 fully saturated rings. The van der Waals surface area contributed by atoms with Gasteiger partial charge in [0.25, 0.3) is 0 Å². The number of nitrogens with two attached hydrogens (primary N) is 1. The molecule has 1 aromatic carbocycles. The number of aromatic nitrogens is 1. The summed E-state index contributed by atoms with van der Waals surface area (Å²) in [6.07, 6.45) is 4.48. The molecule has 0 radical (unpaired) electrons. The predicted octanol–water partition coefficient (Wildman–Crippen LogP) is 3.62. The summed E-state index contributed by atoms with van der Waals surface area (Å²) < 4.78 is 12.0. The second-order valence-electron chi connectivity index (χ2n) is 6.15. The summed E-state index contributed by atoms with van der Waals surface area (Å²) in [4.78, 5) is 4.75. The van der Waals surface area contributed by atoms with E-state index in [0.29, 0.717) is 13.2 Å². The predicted molar refractivity (Wildman–Crippen MR) is 91.6 cm³/mol. The van der Waals surface area contributed by atoms with Gasteiger partial charge in [0, 0.05) is 24.7 Å². The molecule has 2 N–H and O–H groups in total. The minimum atomic E-state index is -0.423. The first-order valence-electron chi connectivity index (χ1n) is 8.21. The van der Waals surface area contributed by atoms with Gasteiger partial charge < -0.3 is 15.2 Å². The Morgan fingerprint density at radius 3 is 2.57 bits per heavy atom. The van der Waals surface area contributed by atoms with Crippen molar-refractivity contribution >= 4 is 5.69 Å². The molecule has 0 amide bonds. The number of nitrogen functional groups attached to an aromatic ring is 1. The molecule has 0 bridgehead atoms. The highest BCUT2D eigenvalue weighted by molar-refractivity contribution is 5.42. The Morgan fingerprint density at radius 2 is 1.91 bits per heavy atom. The maximum absolute atomic E-state index is 6.47. The van der Waals surface area contributed by atoms with Gasteiger partial charge in [-0.2, -0.15) is 0 Å². The lowest BCUT2D eigenvalue weighted by atomic mass is 9.86. The number of hydrogen-bond donors (Lipinski definition) is 1. The second kappa shape index (κ2) is 6.59. The molecule has 2 aromatic rings. The van der Waals surface area contributed by atoms with Crippen molar-refractivity contribution < 1.29 is 9.47 Å². The van der Waals surface area contributed by atoms with Crippen LogP contribution in [-0.4, -0.2) is 18.2 Å². The maximum atomic E-state index is 6.47. The second-order valence-corrected chi connectivity index (χ2v) is 6.15. The molecule has 122 valence electrons. The van der Waals surface area contributed by atoms with Crippen molar-refractivity contribution in [1.82, 2.24) is 4.98 Å². The van der Waals surface area contributed by atoms with Crippen LogP contribution < -0.4 is 10.5 Å². The number of nitrogens with zero attached hydrogens (tertiary/aromatic N) is 1. The van der Waals surface area contributed by atoms with Crippen LogP contribution >= 0.6 is 0 Å². The van der Waals surface area contributed by atoms with Crippen LogP contribution in [0.3, 0.4) is 0 Å². The van der Waals surface area contributed by atoms with Crippen LogP contribution in [0, 0.1) is 6.92 Å². The summed E-state index contributed by atoms with van der Waals surface area (Å²) in [7, 11) is 0. The number of ether oxygens (including phenoxy) is 2. The number of benzene rings is 1. The molecule has 2 heterocycles. The Morgan fingerprint density at radius 1 is 1.22 bits per heavy atom. The lowest BCUT2D eigenvalue weighted by Crippen LogP contribution is -2.41. The Labute approximate surface area is 137 Å². The SMILES string of the molecule is CCc1cc(C)cnc1C1(Oc2ccc(N)cc2)CCOCC1. The number of rotatable bonds is 4. The fourth-order valence-corrected chi connectivity index (χ4v) is 3.16. The highest BCUT2D eigenvalue weighted by Gasteiger charge is 2.39. The van der Waals surface area contributed by atoms with Gasteiger partial charge in [0.1, 0.15) is 5.75 Å². The van der Waals surface area contributed by atoms with Gasteiger partial charge in [-0.05, 0) is 48.7 Å². The summed E-state index contributed by atoms with van der Waals surface area (Å²) in [5, 5.41) is 0. The Balaban J connectivity index is 2.01. The third-order valence-corrected chi connectivity index (χ3v) is 4.41. The molecule has 3 rings (SSSR count). The first-order valence-corrected chi connectivity index (χ1v) is 8.21. The fraction of sp³-hybridized carbons (Fsp3) is 0.421. The molecule has 1 aromatic heterocycles. The minimum Gasteiger partial charge on any atom is -0.481 e. The van der Waals surface area contributed by atoms with Crippen LogP contribution in [0.15, 0.2) is 36.5 Å². The van der Waals surface area contributed by atoms with Crippen LogP contribution in [0.4, 0.5) is 5.69 Å². The monoisotopic (exact) mass is 312 g/mol. The topological polar surface area (TPSA) is 57.4 Å². The van der Waals surface area contributed by atoms with Crippen LogP contribution in [0.25, 0.3) is 0 Å². The zero-order valence-corrected chi connectivity index (χ0v) is 13.8. The van der Waals surface area contributed by atoms with Gasteiger partial charge in [-0.3, -0.25) is 4.98 Å². The van der Waals surface area contributed by atoms with Crippen LogP contribution in [0.2, 0.25) is 0 Å². The minimum absolute atomic E-state index is 0.423. The molecule has 4 nitrogen and oxygen atoms in total. The van der Waals surface area contributed by atoms with Crippen molar-refractivity contribution in [3.8, 4) is 5.75 Å². The molecule has 1 aliphatic heterocycles. The molecule has 0 saturated carbocycles. The lowest BCUT2D eigenvalue weighted by molar-refractivity contribution is -0.0531. The molecular weight excluding hydrogens is 288 g/mol. The normalized spacial score (nSPS) is 17.0. The van der Waals surface area contributed by atoms with Gasteiger partial charge in [-0.15, -0.1) is 0 Å². The number of pyridine rings is 1. The van der Waals surface area contributed by atoms with E-state index in [1.165, 1.54) is 11.1 Å². The van der Waals surface area contributed by atoms with E-state index in [1.54, 1.807) is 0 Å². The largest absolute Gasteiger partial charge is 0.481 e. The standard InChI is InChI=1S/C19H24N2O2/c1-3-15-12-14(2)13-21-18(15)19(8-10-22-11-9-19)23-17-6-4-16(20)5-7-17/h4-7,12-13H,3,8-11,20H2,1-2H3. The first kappa shape index (κ1) is 15.8. The van der Waals surface area contributed by atoms with Gasteiger partial charge in [-0.1, -0.05) is 13.0 Å².